The number of hydrogen-bond acceptors (Lipinski definition) is 5. The van der Waals surface area contributed by atoms with E-state index in [1.165, 1.54) is 29.7 Å². The van der Waals surface area contributed by atoms with Crippen molar-refractivity contribution < 1.29 is 9.84 Å². The van der Waals surface area contributed by atoms with Gasteiger partial charge in [-0.05, 0) is 43.3 Å². The normalized spacial score (nSPS) is 20.3. The standard InChI is InChI=1S/C18H27N3O2S/c1-15-9-19-21(10-15)11-16-5-2-3-7-20(16)12-17(22)13-23-14-18-6-4-8-24-18/h4,6,8-10,16-17,22H,2-3,5,7,11-14H2,1H3/t16-,17-/m1/s1. The zero-order valence-corrected chi connectivity index (χ0v) is 15.1. The third-order valence-corrected chi connectivity index (χ3v) is 5.34. The molecule has 132 valence electrons. The third-order valence-electron chi connectivity index (χ3n) is 4.49. The summed E-state index contributed by atoms with van der Waals surface area (Å²) in [6.07, 6.45) is 7.18. The highest BCUT2D eigenvalue weighted by Gasteiger charge is 2.25. The van der Waals surface area contributed by atoms with E-state index in [0.29, 0.717) is 25.8 Å². The number of aliphatic hydroxyl groups excluding tert-OH is 1. The molecule has 1 N–H and O–H groups in total. The number of aryl methyl sites for hydroxylation is 1. The lowest BCUT2D eigenvalue weighted by molar-refractivity contribution is -0.00511. The molecule has 1 aliphatic rings. The summed E-state index contributed by atoms with van der Waals surface area (Å²) in [6, 6.07) is 4.53. The summed E-state index contributed by atoms with van der Waals surface area (Å²) in [5.41, 5.74) is 1.19. The van der Waals surface area contributed by atoms with Crippen LogP contribution in [-0.4, -0.2) is 51.6 Å². The molecule has 0 saturated carbocycles. The molecule has 1 fully saturated rings. The minimum Gasteiger partial charge on any atom is -0.389 e. The molecule has 3 rings (SSSR count). The fourth-order valence-electron chi connectivity index (χ4n) is 3.30. The van der Waals surface area contributed by atoms with E-state index in [0.717, 1.165) is 13.1 Å². The van der Waals surface area contributed by atoms with Crippen LogP contribution in [0.1, 0.15) is 29.7 Å². The molecule has 24 heavy (non-hydrogen) atoms. The number of hydrogen-bond donors (Lipinski definition) is 1. The van der Waals surface area contributed by atoms with Gasteiger partial charge in [0.05, 0.1) is 32.1 Å². The molecule has 0 bridgehead atoms. The Bertz CT molecular complexity index is 599. The maximum atomic E-state index is 10.3. The van der Waals surface area contributed by atoms with Crippen molar-refractivity contribution in [2.75, 3.05) is 19.7 Å². The van der Waals surface area contributed by atoms with Crippen molar-refractivity contribution in [3.05, 3.63) is 40.3 Å². The van der Waals surface area contributed by atoms with E-state index in [9.17, 15) is 5.11 Å². The highest BCUT2D eigenvalue weighted by molar-refractivity contribution is 7.09. The van der Waals surface area contributed by atoms with Crippen LogP contribution in [0.15, 0.2) is 29.9 Å². The highest BCUT2D eigenvalue weighted by Crippen LogP contribution is 2.19. The Hall–Kier alpha value is -1.21. The maximum Gasteiger partial charge on any atom is 0.0900 e. The van der Waals surface area contributed by atoms with Gasteiger partial charge in [-0.15, -0.1) is 11.3 Å². The van der Waals surface area contributed by atoms with Gasteiger partial charge >= 0.3 is 0 Å². The Labute approximate surface area is 147 Å². The molecule has 0 aliphatic carbocycles. The molecule has 1 saturated heterocycles. The van der Waals surface area contributed by atoms with E-state index in [-0.39, 0.29) is 0 Å². The molecular weight excluding hydrogens is 322 g/mol. The first-order chi connectivity index (χ1) is 11.7. The Balaban J connectivity index is 1.45. The second-order valence-corrected chi connectivity index (χ2v) is 7.66. The van der Waals surface area contributed by atoms with E-state index in [2.05, 4.69) is 29.2 Å². The Morgan fingerprint density at radius 1 is 1.46 bits per heavy atom. The first kappa shape index (κ1) is 17.6. The quantitative estimate of drug-likeness (QED) is 0.796. The molecule has 2 aromatic heterocycles. The summed E-state index contributed by atoms with van der Waals surface area (Å²) in [7, 11) is 0. The molecular formula is C18H27N3O2S. The lowest BCUT2D eigenvalue weighted by Gasteiger charge is -2.36. The summed E-state index contributed by atoms with van der Waals surface area (Å²) >= 11 is 1.69. The molecule has 6 heteroatoms. The van der Waals surface area contributed by atoms with Gasteiger partial charge in [0.1, 0.15) is 0 Å². The van der Waals surface area contributed by atoms with E-state index < -0.39 is 6.10 Å². The number of nitrogens with zero attached hydrogens (tertiary/aromatic N) is 3. The number of piperidine rings is 1. The van der Waals surface area contributed by atoms with Gasteiger partial charge in [0.2, 0.25) is 0 Å². The van der Waals surface area contributed by atoms with Crippen LogP contribution in [0, 0.1) is 6.92 Å². The average Bonchev–Trinajstić information content (AvgIpc) is 3.21. The number of rotatable bonds is 8. The molecule has 0 spiro atoms. The van der Waals surface area contributed by atoms with Crippen molar-refractivity contribution in [2.24, 2.45) is 0 Å². The van der Waals surface area contributed by atoms with Crippen molar-refractivity contribution >= 4 is 11.3 Å². The number of aromatic nitrogens is 2. The largest absolute Gasteiger partial charge is 0.389 e. The van der Waals surface area contributed by atoms with Gasteiger partial charge in [0.25, 0.3) is 0 Å². The van der Waals surface area contributed by atoms with Gasteiger partial charge in [0.15, 0.2) is 0 Å². The summed E-state index contributed by atoms with van der Waals surface area (Å²) in [6.45, 7) is 5.67. The Kier molecular flexibility index (Phi) is 6.43. The molecule has 2 atom stereocenters. The van der Waals surface area contributed by atoms with E-state index in [1.807, 2.05) is 22.3 Å². The molecule has 1 aliphatic heterocycles. The molecule has 0 amide bonds. The van der Waals surface area contributed by atoms with Crippen LogP contribution in [0.4, 0.5) is 0 Å². The van der Waals surface area contributed by atoms with Crippen LogP contribution in [0.5, 0.6) is 0 Å². The summed E-state index contributed by atoms with van der Waals surface area (Å²) in [5.74, 6) is 0. The smallest absolute Gasteiger partial charge is 0.0900 e. The summed E-state index contributed by atoms with van der Waals surface area (Å²) in [4.78, 5) is 3.60. The number of aliphatic hydroxyl groups is 1. The van der Waals surface area contributed by atoms with Crippen LogP contribution in [0.2, 0.25) is 0 Å². The monoisotopic (exact) mass is 349 g/mol. The molecule has 5 nitrogen and oxygen atoms in total. The van der Waals surface area contributed by atoms with Crippen LogP contribution in [0.3, 0.4) is 0 Å². The molecule has 0 radical (unpaired) electrons. The van der Waals surface area contributed by atoms with Crippen LogP contribution in [0.25, 0.3) is 0 Å². The lowest BCUT2D eigenvalue weighted by atomic mass is 10.0. The van der Waals surface area contributed by atoms with Crippen molar-refractivity contribution in [1.29, 1.82) is 0 Å². The Morgan fingerprint density at radius 2 is 2.38 bits per heavy atom. The molecule has 3 heterocycles. The average molecular weight is 350 g/mol. The highest BCUT2D eigenvalue weighted by atomic mass is 32.1. The molecule has 2 aromatic rings. The first-order valence-corrected chi connectivity index (χ1v) is 9.60. The minimum atomic E-state index is -0.440. The number of thiophene rings is 1. The molecule has 0 aromatic carbocycles. The van der Waals surface area contributed by atoms with E-state index in [4.69, 9.17) is 4.74 Å². The van der Waals surface area contributed by atoms with Gasteiger partial charge < -0.3 is 9.84 Å². The van der Waals surface area contributed by atoms with Gasteiger partial charge in [-0.3, -0.25) is 9.58 Å². The summed E-state index contributed by atoms with van der Waals surface area (Å²) < 4.78 is 7.68. The van der Waals surface area contributed by atoms with Gasteiger partial charge in [-0.25, -0.2) is 0 Å². The fraction of sp³-hybridized carbons (Fsp3) is 0.611. The topological polar surface area (TPSA) is 50.5 Å². The third kappa shape index (κ3) is 5.14. The zero-order chi connectivity index (χ0) is 16.8. The zero-order valence-electron chi connectivity index (χ0n) is 14.3. The lowest BCUT2D eigenvalue weighted by Crippen LogP contribution is -2.46. The predicted octanol–water partition coefficient (Wildman–Crippen LogP) is 2.69. The minimum absolute atomic E-state index is 0.391. The van der Waals surface area contributed by atoms with Gasteiger partial charge in [0, 0.05) is 23.7 Å². The number of ether oxygens (including phenoxy) is 1. The van der Waals surface area contributed by atoms with Crippen molar-refractivity contribution in [1.82, 2.24) is 14.7 Å². The van der Waals surface area contributed by atoms with Crippen LogP contribution in [-0.2, 0) is 17.9 Å². The van der Waals surface area contributed by atoms with Crippen molar-refractivity contribution in [3.63, 3.8) is 0 Å². The first-order valence-electron chi connectivity index (χ1n) is 8.72. The Morgan fingerprint density at radius 3 is 3.12 bits per heavy atom. The second-order valence-electron chi connectivity index (χ2n) is 6.63. The molecule has 0 unspecified atom stereocenters. The van der Waals surface area contributed by atoms with Gasteiger partial charge in [-0.1, -0.05) is 12.5 Å². The van der Waals surface area contributed by atoms with Crippen LogP contribution < -0.4 is 0 Å². The SMILES string of the molecule is Cc1cnn(C[C@H]2CCCCN2C[C@@H](O)COCc2cccs2)c1. The fourth-order valence-corrected chi connectivity index (χ4v) is 3.94. The van der Waals surface area contributed by atoms with Crippen LogP contribution >= 0.6 is 11.3 Å². The number of β-amino-alcohol motifs (C(OH)–C–C–N with tert-alkyl or cyclic N) is 1. The predicted molar refractivity (Wildman–Crippen MR) is 96.2 cm³/mol. The van der Waals surface area contributed by atoms with Crippen molar-refractivity contribution in [2.45, 2.75) is 51.5 Å². The number of likely N-dealkylation sites (tertiary alicyclic amines) is 1. The summed E-state index contributed by atoms with van der Waals surface area (Å²) in [5, 5.41) is 16.8. The van der Waals surface area contributed by atoms with Crippen molar-refractivity contribution in [3.8, 4) is 0 Å². The van der Waals surface area contributed by atoms with Gasteiger partial charge in [-0.2, -0.15) is 5.10 Å². The van der Waals surface area contributed by atoms with E-state index >= 15 is 0 Å². The maximum absolute atomic E-state index is 10.3. The second kappa shape index (κ2) is 8.76. The van der Waals surface area contributed by atoms with E-state index in [1.54, 1.807) is 11.3 Å².